The van der Waals surface area contributed by atoms with Gasteiger partial charge in [0, 0.05) is 13.1 Å². The van der Waals surface area contributed by atoms with Crippen LogP contribution in [0.15, 0.2) is 24.3 Å². The molecule has 0 saturated heterocycles. The van der Waals surface area contributed by atoms with Gasteiger partial charge in [-0.15, -0.1) is 0 Å². The van der Waals surface area contributed by atoms with E-state index in [1.807, 2.05) is 13.8 Å². The van der Waals surface area contributed by atoms with Crippen LogP contribution in [0.25, 0.3) is 0 Å². The Balaban J connectivity index is 2.59. The number of aliphatic carboxylic acids is 1. The molecule has 0 spiro atoms. The van der Waals surface area contributed by atoms with E-state index in [9.17, 15) is 14.0 Å². The maximum atomic E-state index is 13.2. The Hall–Kier alpha value is -1.95. The number of carbonyl (C=O) groups excluding carboxylic acids is 1. The number of benzene rings is 1. The van der Waals surface area contributed by atoms with Gasteiger partial charge in [0.25, 0.3) is 0 Å². The number of hydrogen-bond donors (Lipinski definition) is 2. The molecule has 5 nitrogen and oxygen atoms in total. The van der Waals surface area contributed by atoms with Crippen LogP contribution in [-0.2, 0) is 16.1 Å². The van der Waals surface area contributed by atoms with Crippen molar-refractivity contribution in [3.8, 4) is 0 Å². The summed E-state index contributed by atoms with van der Waals surface area (Å²) in [6.07, 6.45) is 1.19. The average molecular weight is 310 g/mol. The molecule has 1 aromatic rings. The van der Waals surface area contributed by atoms with Crippen molar-refractivity contribution < 1.29 is 19.1 Å². The third kappa shape index (κ3) is 5.81. The molecule has 0 fully saturated rings. The zero-order valence-corrected chi connectivity index (χ0v) is 13.0. The minimum Gasteiger partial charge on any atom is -0.480 e. The molecule has 6 heteroatoms. The smallest absolute Gasteiger partial charge is 0.320 e. The van der Waals surface area contributed by atoms with Gasteiger partial charge >= 0.3 is 5.97 Å². The summed E-state index contributed by atoms with van der Waals surface area (Å²) < 4.78 is 13.2. The second-order valence-electron chi connectivity index (χ2n) is 5.10. The molecule has 0 saturated carbocycles. The normalized spacial score (nSPS) is 12.0. The molecule has 22 heavy (non-hydrogen) atoms. The van der Waals surface area contributed by atoms with Crippen LogP contribution in [0.4, 0.5) is 4.39 Å². The second kappa shape index (κ2) is 9.15. The van der Waals surface area contributed by atoms with Gasteiger partial charge in [-0.1, -0.05) is 25.5 Å². The first-order valence-corrected chi connectivity index (χ1v) is 7.46. The molecular formula is C16H23FN2O3. The number of halogens is 1. The van der Waals surface area contributed by atoms with E-state index in [4.69, 9.17) is 5.11 Å². The molecule has 0 aromatic heterocycles. The standard InChI is InChI=1S/C16H23FN2O3/c1-3-6-14(16(21)22)18-10-15(20)19(4-2)11-12-7-5-8-13(17)9-12/h5,7-9,14,18H,3-4,6,10-11H2,1-2H3,(H,21,22). The lowest BCUT2D eigenvalue weighted by Crippen LogP contribution is -2.44. The van der Waals surface area contributed by atoms with E-state index in [1.165, 1.54) is 12.1 Å². The van der Waals surface area contributed by atoms with Gasteiger partial charge in [0.1, 0.15) is 11.9 Å². The summed E-state index contributed by atoms with van der Waals surface area (Å²) in [5.74, 6) is -1.50. The average Bonchev–Trinajstić information content (AvgIpc) is 2.48. The number of amides is 1. The van der Waals surface area contributed by atoms with Crippen molar-refractivity contribution in [2.24, 2.45) is 0 Å². The van der Waals surface area contributed by atoms with Crippen molar-refractivity contribution in [3.05, 3.63) is 35.6 Å². The number of likely N-dealkylation sites (N-methyl/N-ethyl adjacent to an activating group) is 1. The molecule has 0 aliphatic carbocycles. The quantitative estimate of drug-likeness (QED) is 0.732. The number of nitrogens with one attached hydrogen (secondary N) is 1. The van der Waals surface area contributed by atoms with Crippen molar-refractivity contribution >= 4 is 11.9 Å². The van der Waals surface area contributed by atoms with Crippen LogP contribution in [0, 0.1) is 5.82 Å². The zero-order chi connectivity index (χ0) is 16.5. The van der Waals surface area contributed by atoms with Gasteiger partial charge in [-0.25, -0.2) is 4.39 Å². The van der Waals surface area contributed by atoms with Crippen LogP contribution in [0.5, 0.6) is 0 Å². The van der Waals surface area contributed by atoms with Crippen LogP contribution in [0.2, 0.25) is 0 Å². The Kier molecular flexibility index (Phi) is 7.52. The van der Waals surface area contributed by atoms with Crippen LogP contribution in [0.3, 0.4) is 0 Å². The molecule has 0 radical (unpaired) electrons. The molecule has 0 heterocycles. The van der Waals surface area contributed by atoms with E-state index >= 15 is 0 Å². The molecule has 122 valence electrons. The van der Waals surface area contributed by atoms with E-state index in [-0.39, 0.29) is 18.3 Å². The molecule has 1 atom stereocenters. The molecule has 1 aromatic carbocycles. The van der Waals surface area contributed by atoms with Crippen molar-refractivity contribution in [2.75, 3.05) is 13.1 Å². The van der Waals surface area contributed by atoms with Crippen molar-refractivity contribution in [3.63, 3.8) is 0 Å². The first-order valence-electron chi connectivity index (χ1n) is 7.46. The highest BCUT2D eigenvalue weighted by molar-refractivity contribution is 5.80. The lowest BCUT2D eigenvalue weighted by molar-refractivity contribution is -0.140. The fourth-order valence-corrected chi connectivity index (χ4v) is 2.16. The molecule has 0 aliphatic heterocycles. The fourth-order valence-electron chi connectivity index (χ4n) is 2.16. The largest absolute Gasteiger partial charge is 0.480 e. The maximum absolute atomic E-state index is 13.2. The highest BCUT2D eigenvalue weighted by Gasteiger charge is 2.19. The summed E-state index contributed by atoms with van der Waals surface area (Å²) in [6, 6.07) is 5.38. The third-order valence-electron chi connectivity index (χ3n) is 3.37. The topological polar surface area (TPSA) is 69.6 Å². The summed E-state index contributed by atoms with van der Waals surface area (Å²) in [5.41, 5.74) is 0.707. The van der Waals surface area contributed by atoms with Gasteiger partial charge in [0.15, 0.2) is 0 Å². The van der Waals surface area contributed by atoms with E-state index in [2.05, 4.69) is 5.32 Å². The second-order valence-corrected chi connectivity index (χ2v) is 5.10. The Morgan fingerprint density at radius 3 is 2.64 bits per heavy atom. The molecule has 0 bridgehead atoms. The van der Waals surface area contributed by atoms with E-state index < -0.39 is 12.0 Å². The highest BCUT2D eigenvalue weighted by Crippen LogP contribution is 2.07. The fraction of sp³-hybridized carbons (Fsp3) is 0.500. The predicted octanol–water partition coefficient (Wildman–Crippen LogP) is 2.02. The van der Waals surface area contributed by atoms with Crippen LogP contribution in [-0.4, -0.2) is 41.0 Å². The van der Waals surface area contributed by atoms with Gasteiger partial charge < -0.3 is 10.0 Å². The first-order chi connectivity index (χ1) is 10.5. The third-order valence-corrected chi connectivity index (χ3v) is 3.37. The van der Waals surface area contributed by atoms with Gasteiger partial charge in [0.05, 0.1) is 6.54 Å². The van der Waals surface area contributed by atoms with Crippen molar-refractivity contribution in [2.45, 2.75) is 39.3 Å². The van der Waals surface area contributed by atoms with Gasteiger partial charge in [-0.05, 0) is 31.0 Å². The molecule has 1 amide bonds. The molecular weight excluding hydrogens is 287 g/mol. The lowest BCUT2D eigenvalue weighted by Gasteiger charge is -2.22. The Morgan fingerprint density at radius 2 is 2.09 bits per heavy atom. The van der Waals surface area contributed by atoms with E-state index in [0.717, 1.165) is 6.42 Å². The predicted molar refractivity (Wildman–Crippen MR) is 81.8 cm³/mol. The van der Waals surface area contributed by atoms with Gasteiger partial charge in [-0.2, -0.15) is 0 Å². The van der Waals surface area contributed by atoms with Crippen molar-refractivity contribution in [1.82, 2.24) is 10.2 Å². The van der Waals surface area contributed by atoms with Crippen LogP contribution in [0.1, 0.15) is 32.3 Å². The van der Waals surface area contributed by atoms with Crippen LogP contribution < -0.4 is 5.32 Å². The molecule has 1 rings (SSSR count). The Morgan fingerprint density at radius 1 is 1.36 bits per heavy atom. The minimum atomic E-state index is -0.956. The number of carboxylic acid groups (broad SMARTS) is 1. The molecule has 2 N–H and O–H groups in total. The summed E-state index contributed by atoms with van der Waals surface area (Å²) in [6.45, 7) is 4.46. The number of rotatable bonds is 9. The summed E-state index contributed by atoms with van der Waals surface area (Å²) in [5, 5.41) is 11.8. The Labute approximate surface area is 130 Å². The Bertz CT molecular complexity index is 508. The van der Waals surface area contributed by atoms with E-state index in [0.29, 0.717) is 25.1 Å². The number of nitrogens with zero attached hydrogens (tertiary/aromatic N) is 1. The van der Waals surface area contributed by atoms with Crippen LogP contribution >= 0.6 is 0 Å². The van der Waals surface area contributed by atoms with Gasteiger partial charge in [0.2, 0.25) is 5.91 Å². The SMILES string of the molecule is CCCC(NCC(=O)N(CC)Cc1cccc(F)c1)C(=O)O. The zero-order valence-electron chi connectivity index (χ0n) is 13.0. The van der Waals surface area contributed by atoms with E-state index in [1.54, 1.807) is 17.0 Å². The maximum Gasteiger partial charge on any atom is 0.320 e. The minimum absolute atomic E-state index is 0.0415. The number of carbonyl (C=O) groups is 2. The molecule has 1 unspecified atom stereocenters. The number of hydrogen-bond acceptors (Lipinski definition) is 3. The highest BCUT2D eigenvalue weighted by atomic mass is 19.1. The van der Waals surface area contributed by atoms with Crippen molar-refractivity contribution in [1.29, 1.82) is 0 Å². The molecule has 0 aliphatic rings. The summed E-state index contributed by atoms with van der Waals surface area (Å²) in [7, 11) is 0. The summed E-state index contributed by atoms with van der Waals surface area (Å²) >= 11 is 0. The summed E-state index contributed by atoms with van der Waals surface area (Å²) in [4.78, 5) is 24.8. The lowest BCUT2D eigenvalue weighted by atomic mass is 10.1. The monoisotopic (exact) mass is 310 g/mol. The number of carboxylic acids is 1. The first kappa shape index (κ1) is 18.1. The van der Waals surface area contributed by atoms with Gasteiger partial charge in [-0.3, -0.25) is 14.9 Å².